The van der Waals surface area contributed by atoms with Crippen molar-refractivity contribution in [2.24, 2.45) is 0 Å². The van der Waals surface area contributed by atoms with Crippen LogP contribution in [-0.4, -0.2) is 37.8 Å². The molecular weight excluding hydrogens is 234 g/mol. The normalized spacial score (nSPS) is 17.1. The molecule has 17 heavy (non-hydrogen) atoms. The molecular formula is C12H21N3OS. The summed E-state index contributed by atoms with van der Waals surface area (Å²) in [4.78, 5) is 7.01. The Labute approximate surface area is 107 Å². The van der Waals surface area contributed by atoms with Crippen molar-refractivity contribution in [3.8, 4) is 0 Å². The predicted molar refractivity (Wildman–Crippen MR) is 71.8 cm³/mol. The fourth-order valence-corrected chi connectivity index (χ4v) is 2.73. The van der Waals surface area contributed by atoms with Gasteiger partial charge in [-0.3, -0.25) is 0 Å². The Bertz CT molecular complexity index is 321. The summed E-state index contributed by atoms with van der Waals surface area (Å²) in [6, 6.07) is 0. The first-order valence-corrected chi connectivity index (χ1v) is 7.26. The van der Waals surface area contributed by atoms with Crippen molar-refractivity contribution >= 4 is 16.5 Å². The number of rotatable bonds is 5. The highest BCUT2D eigenvalue weighted by molar-refractivity contribution is 7.13. The molecule has 0 radical (unpaired) electrons. The van der Waals surface area contributed by atoms with Crippen LogP contribution in [0.2, 0.25) is 0 Å². The van der Waals surface area contributed by atoms with E-state index in [2.05, 4.69) is 27.5 Å². The van der Waals surface area contributed by atoms with Crippen LogP contribution in [0.15, 0.2) is 5.38 Å². The van der Waals surface area contributed by atoms with E-state index in [0.29, 0.717) is 0 Å². The molecule has 1 aromatic rings. The average molecular weight is 255 g/mol. The van der Waals surface area contributed by atoms with Crippen molar-refractivity contribution in [3.63, 3.8) is 0 Å². The molecule has 1 aliphatic heterocycles. The number of hydrogen-bond donors (Lipinski definition) is 1. The summed E-state index contributed by atoms with van der Waals surface area (Å²) in [5, 5.41) is 6.68. The molecule has 1 saturated heterocycles. The van der Waals surface area contributed by atoms with E-state index in [4.69, 9.17) is 4.74 Å². The SMILES string of the molecule is CCCNCc1csc(N2CCCOCC2)n1. The molecule has 0 spiro atoms. The maximum Gasteiger partial charge on any atom is 0.185 e. The molecule has 0 bridgehead atoms. The van der Waals surface area contributed by atoms with Gasteiger partial charge in [0.15, 0.2) is 5.13 Å². The zero-order valence-electron chi connectivity index (χ0n) is 10.4. The zero-order chi connectivity index (χ0) is 11.9. The Hall–Kier alpha value is -0.650. The van der Waals surface area contributed by atoms with Crippen LogP contribution in [0.1, 0.15) is 25.5 Å². The molecule has 0 amide bonds. The van der Waals surface area contributed by atoms with Gasteiger partial charge < -0.3 is 15.0 Å². The molecule has 1 aromatic heterocycles. The lowest BCUT2D eigenvalue weighted by Gasteiger charge is -2.17. The Kier molecular flexibility index (Phi) is 5.22. The molecule has 0 saturated carbocycles. The lowest BCUT2D eigenvalue weighted by Crippen LogP contribution is -2.25. The van der Waals surface area contributed by atoms with Crippen LogP contribution in [0.4, 0.5) is 5.13 Å². The monoisotopic (exact) mass is 255 g/mol. The van der Waals surface area contributed by atoms with E-state index in [9.17, 15) is 0 Å². The Morgan fingerprint density at radius 2 is 2.41 bits per heavy atom. The van der Waals surface area contributed by atoms with Gasteiger partial charge in [0.2, 0.25) is 0 Å². The lowest BCUT2D eigenvalue weighted by atomic mass is 10.4. The highest BCUT2D eigenvalue weighted by atomic mass is 32.1. The van der Waals surface area contributed by atoms with Gasteiger partial charge in [0, 0.05) is 31.6 Å². The summed E-state index contributed by atoms with van der Waals surface area (Å²) >= 11 is 1.74. The van der Waals surface area contributed by atoms with Gasteiger partial charge in [-0.1, -0.05) is 6.92 Å². The number of thiazole rings is 1. The highest BCUT2D eigenvalue weighted by Gasteiger charge is 2.13. The van der Waals surface area contributed by atoms with Crippen molar-refractivity contribution in [1.82, 2.24) is 10.3 Å². The van der Waals surface area contributed by atoms with Crippen LogP contribution < -0.4 is 10.2 Å². The summed E-state index contributed by atoms with van der Waals surface area (Å²) < 4.78 is 5.46. The van der Waals surface area contributed by atoms with E-state index in [1.54, 1.807) is 11.3 Å². The molecule has 0 aromatic carbocycles. The molecule has 96 valence electrons. The van der Waals surface area contributed by atoms with E-state index in [1.807, 2.05) is 0 Å². The third-order valence-electron chi connectivity index (χ3n) is 2.77. The third-order valence-corrected chi connectivity index (χ3v) is 3.72. The standard InChI is InChI=1S/C12H21N3OS/c1-2-4-13-9-11-10-17-12(14-11)15-5-3-7-16-8-6-15/h10,13H,2-9H2,1H3. The molecule has 0 aliphatic carbocycles. The summed E-state index contributed by atoms with van der Waals surface area (Å²) in [5.41, 5.74) is 1.16. The summed E-state index contributed by atoms with van der Waals surface area (Å²) in [6.07, 6.45) is 2.27. The van der Waals surface area contributed by atoms with E-state index in [1.165, 1.54) is 6.42 Å². The van der Waals surface area contributed by atoms with Crippen molar-refractivity contribution in [3.05, 3.63) is 11.1 Å². The number of anilines is 1. The quantitative estimate of drug-likeness (QED) is 0.815. The molecule has 2 heterocycles. The average Bonchev–Trinajstić information content (AvgIpc) is 2.64. The molecule has 0 unspecified atom stereocenters. The number of ether oxygens (including phenoxy) is 1. The minimum atomic E-state index is 0.822. The van der Waals surface area contributed by atoms with Gasteiger partial charge in [0.25, 0.3) is 0 Å². The van der Waals surface area contributed by atoms with Crippen LogP contribution in [0.5, 0.6) is 0 Å². The summed E-state index contributed by atoms with van der Waals surface area (Å²) in [7, 11) is 0. The Morgan fingerprint density at radius 3 is 3.29 bits per heavy atom. The second-order valence-corrected chi connectivity index (χ2v) is 5.09. The molecule has 1 fully saturated rings. The first kappa shape index (κ1) is 12.8. The van der Waals surface area contributed by atoms with Crippen LogP contribution in [0, 0.1) is 0 Å². The minimum absolute atomic E-state index is 0.822. The number of hydrogen-bond acceptors (Lipinski definition) is 5. The van der Waals surface area contributed by atoms with E-state index >= 15 is 0 Å². The van der Waals surface area contributed by atoms with Crippen molar-refractivity contribution < 1.29 is 4.74 Å². The van der Waals surface area contributed by atoms with Crippen LogP contribution in [-0.2, 0) is 11.3 Å². The van der Waals surface area contributed by atoms with Gasteiger partial charge in [-0.05, 0) is 19.4 Å². The summed E-state index contributed by atoms with van der Waals surface area (Å²) in [5.74, 6) is 0. The van der Waals surface area contributed by atoms with E-state index < -0.39 is 0 Å². The van der Waals surface area contributed by atoms with Gasteiger partial charge in [-0.25, -0.2) is 4.98 Å². The molecule has 0 atom stereocenters. The van der Waals surface area contributed by atoms with Gasteiger partial charge in [0.1, 0.15) is 0 Å². The van der Waals surface area contributed by atoms with Gasteiger partial charge >= 0.3 is 0 Å². The van der Waals surface area contributed by atoms with E-state index in [-0.39, 0.29) is 0 Å². The zero-order valence-corrected chi connectivity index (χ0v) is 11.3. The first-order valence-electron chi connectivity index (χ1n) is 6.38. The molecule has 2 rings (SSSR count). The lowest BCUT2D eigenvalue weighted by molar-refractivity contribution is 0.152. The first-order chi connectivity index (χ1) is 8.40. The van der Waals surface area contributed by atoms with Crippen molar-refractivity contribution in [2.45, 2.75) is 26.3 Å². The fraction of sp³-hybridized carbons (Fsp3) is 0.750. The second kappa shape index (κ2) is 6.93. The highest BCUT2D eigenvalue weighted by Crippen LogP contribution is 2.21. The summed E-state index contributed by atoms with van der Waals surface area (Å²) in [6.45, 7) is 7.86. The fourth-order valence-electron chi connectivity index (χ4n) is 1.85. The van der Waals surface area contributed by atoms with Crippen LogP contribution in [0.25, 0.3) is 0 Å². The Balaban J connectivity index is 1.87. The number of aromatic nitrogens is 1. The Morgan fingerprint density at radius 1 is 1.47 bits per heavy atom. The maximum absolute atomic E-state index is 5.46. The van der Waals surface area contributed by atoms with Crippen molar-refractivity contribution in [2.75, 3.05) is 37.7 Å². The molecule has 5 heteroatoms. The van der Waals surface area contributed by atoms with Gasteiger partial charge in [-0.15, -0.1) is 11.3 Å². The van der Waals surface area contributed by atoms with Gasteiger partial charge in [-0.2, -0.15) is 0 Å². The molecule has 4 nitrogen and oxygen atoms in total. The molecule has 1 N–H and O–H groups in total. The van der Waals surface area contributed by atoms with Crippen LogP contribution >= 0.6 is 11.3 Å². The van der Waals surface area contributed by atoms with Crippen LogP contribution in [0.3, 0.4) is 0 Å². The smallest absolute Gasteiger partial charge is 0.185 e. The third kappa shape index (κ3) is 3.94. The number of nitrogens with zero attached hydrogens (tertiary/aromatic N) is 2. The van der Waals surface area contributed by atoms with E-state index in [0.717, 1.165) is 56.6 Å². The topological polar surface area (TPSA) is 37.4 Å². The second-order valence-electron chi connectivity index (χ2n) is 4.25. The minimum Gasteiger partial charge on any atom is -0.380 e. The maximum atomic E-state index is 5.46. The predicted octanol–water partition coefficient (Wildman–Crippen LogP) is 1.87. The number of nitrogens with one attached hydrogen (secondary N) is 1. The largest absolute Gasteiger partial charge is 0.380 e. The van der Waals surface area contributed by atoms with Gasteiger partial charge in [0.05, 0.1) is 12.3 Å². The van der Waals surface area contributed by atoms with Crippen molar-refractivity contribution in [1.29, 1.82) is 0 Å². The molecule has 1 aliphatic rings.